The highest BCUT2D eigenvalue weighted by Crippen LogP contribution is 2.22. The van der Waals surface area contributed by atoms with E-state index in [-0.39, 0.29) is 12.0 Å². The van der Waals surface area contributed by atoms with E-state index in [2.05, 4.69) is 5.16 Å². The predicted molar refractivity (Wildman–Crippen MR) is 124 cm³/mol. The lowest BCUT2D eigenvalue weighted by atomic mass is 10.0. The molecule has 0 fully saturated rings. The number of anilines is 1. The molecule has 0 aromatic heterocycles. The van der Waals surface area contributed by atoms with Crippen LogP contribution in [0.2, 0.25) is 0 Å². The van der Waals surface area contributed by atoms with Crippen molar-refractivity contribution in [3.8, 4) is 0 Å². The van der Waals surface area contributed by atoms with Gasteiger partial charge in [-0.3, -0.25) is 4.79 Å². The highest BCUT2D eigenvalue weighted by molar-refractivity contribution is 6.01. The molecule has 5 nitrogen and oxygen atoms in total. The molecule has 3 aromatic rings. The van der Waals surface area contributed by atoms with E-state index in [1.165, 1.54) is 12.1 Å². The molecule has 1 aliphatic rings. The number of oxime groups is 1. The van der Waals surface area contributed by atoms with Crippen LogP contribution in [0.25, 0.3) is 0 Å². The Labute approximate surface area is 187 Å². The Hall–Kier alpha value is -3.67. The summed E-state index contributed by atoms with van der Waals surface area (Å²) in [6.07, 6.45) is 0.336. The second-order valence-electron chi connectivity index (χ2n) is 8.09. The van der Waals surface area contributed by atoms with Crippen molar-refractivity contribution in [1.29, 1.82) is 0 Å². The standard InChI is InChI=1S/C26H26FN3O2/c1-29(2)23-13-11-20(12-14-23)25-16-24(32-28-25)18-30(17-19-7-4-3-5-8-19)26(31)21-9-6-10-22(27)15-21/h3-15,24H,16-18H2,1-2H3. The second-order valence-corrected chi connectivity index (χ2v) is 8.09. The van der Waals surface area contributed by atoms with E-state index in [0.717, 1.165) is 22.5 Å². The molecule has 0 radical (unpaired) electrons. The van der Waals surface area contributed by atoms with Crippen molar-refractivity contribution in [2.24, 2.45) is 5.16 Å². The Bertz CT molecular complexity index is 1100. The third-order valence-corrected chi connectivity index (χ3v) is 5.45. The van der Waals surface area contributed by atoms with Crippen LogP contribution in [0.4, 0.5) is 10.1 Å². The van der Waals surface area contributed by atoms with Gasteiger partial charge in [-0.05, 0) is 41.5 Å². The molecule has 0 N–H and O–H groups in total. The van der Waals surface area contributed by atoms with Crippen LogP contribution in [0.5, 0.6) is 0 Å². The summed E-state index contributed by atoms with van der Waals surface area (Å²) in [7, 11) is 4.00. The molecule has 0 saturated heterocycles. The number of rotatable bonds is 7. The number of carbonyl (C=O) groups excluding carboxylic acids is 1. The summed E-state index contributed by atoms with van der Waals surface area (Å²) in [4.78, 5) is 22.6. The number of amides is 1. The first-order valence-corrected chi connectivity index (χ1v) is 10.6. The maximum atomic E-state index is 13.7. The summed E-state index contributed by atoms with van der Waals surface area (Å²) in [6.45, 7) is 0.760. The van der Waals surface area contributed by atoms with Crippen LogP contribution >= 0.6 is 0 Å². The van der Waals surface area contributed by atoms with Gasteiger partial charge < -0.3 is 14.6 Å². The van der Waals surface area contributed by atoms with Crippen LogP contribution in [-0.2, 0) is 11.4 Å². The van der Waals surface area contributed by atoms with Crippen molar-refractivity contribution >= 4 is 17.3 Å². The molecule has 1 atom stereocenters. The van der Waals surface area contributed by atoms with E-state index in [1.54, 1.807) is 17.0 Å². The zero-order valence-electron chi connectivity index (χ0n) is 18.2. The number of carbonyl (C=O) groups is 1. The highest BCUT2D eigenvalue weighted by Gasteiger charge is 2.27. The minimum absolute atomic E-state index is 0.235. The first kappa shape index (κ1) is 21.6. The molecule has 3 aromatic carbocycles. The smallest absolute Gasteiger partial charge is 0.254 e. The van der Waals surface area contributed by atoms with Gasteiger partial charge in [0.25, 0.3) is 5.91 Å². The predicted octanol–water partition coefficient (Wildman–Crippen LogP) is 4.73. The minimum Gasteiger partial charge on any atom is -0.390 e. The van der Waals surface area contributed by atoms with E-state index < -0.39 is 5.82 Å². The van der Waals surface area contributed by atoms with Crippen LogP contribution in [0.1, 0.15) is 27.9 Å². The Morgan fingerprint density at radius 1 is 1.03 bits per heavy atom. The Morgan fingerprint density at radius 3 is 2.47 bits per heavy atom. The van der Waals surface area contributed by atoms with Crippen molar-refractivity contribution < 1.29 is 14.0 Å². The molecule has 0 aliphatic carbocycles. The Morgan fingerprint density at radius 2 is 1.78 bits per heavy atom. The zero-order chi connectivity index (χ0) is 22.5. The van der Waals surface area contributed by atoms with Gasteiger partial charge in [-0.25, -0.2) is 4.39 Å². The van der Waals surface area contributed by atoms with Gasteiger partial charge in [-0.1, -0.05) is 53.7 Å². The zero-order valence-corrected chi connectivity index (χ0v) is 18.2. The lowest BCUT2D eigenvalue weighted by Gasteiger charge is -2.25. The van der Waals surface area contributed by atoms with Crippen LogP contribution in [-0.4, -0.2) is 43.3 Å². The summed E-state index contributed by atoms with van der Waals surface area (Å²) < 4.78 is 13.7. The van der Waals surface area contributed by atoms with Crippen molar-refractivity contribution in [3.63, 3.8) is 0 Å². The van der Waals surface area contributed by atoms with Crippen molar-refractivity contribution in [3.05, 3.63) is 101 Å². The molecule has 0 spiro atoms. The summed E-state index contributed by atoms with van der Waals surface area (Å²) in [5.74, 6) is -0.667. The summed E-state index contributed by atoms with van der Waals surface area (Å²) in [5.41, 5.74) is 4.29. The van der Waals surface area contributed by atoms with E-state index in [0.29, 0.717) is 25.1 Å². The number of hydrogen-bond donors (Lipinski definition) is 0. The minimum atomic E-state index is -0.431. The lowest BCUT2D eigenvalue weighted by molar-refractivity contribution is 0.0405. The molecule has 32 heavy (non-hydrogen) atoms. The van der Waals surface area contributed by atoms with Crippen molar-refractivity contribution in [2.75, 3.05) is 25.5 Å². The third-order valence-electron chi connectivity index (χ3n) is 5.45. The fourth-order valence-corrected chi connectivity index (χ4v) is 3.72. The maximum Gasteiger partial charge on any atom is 0.254 e. The summed E-state index contributed by atoms with van der Waals surface area (Å²) in [5, 5.41) is 4.27. The van der Waals surface area contributed by atoms with Crippen LogP contribution < -0.4 is 4.90 Å². The molecule has 0 bridgehead atoms. The molecule has 6 heteroatoms. The Balaban J connectivity index is 1.48. The van der Waals surface area contributed by atoms with E-state index in [9.17, 15) is 9.18 Å². The molecule has 1 unspecified atom stereocenters. The topological polar surface area (TPSA) is 45.1 Å². The fourth-order valence-electron chi connectivity index (χ4n) is 3.72. The first-order valence-electron chi connectivity index (χ1n) is 10.6. The van der Waals surface area contributed by atoms with E-state index in [1.807, 2.05) is 73.6 Å². The Kier molecular flexibility index (Phi) is 6.50. The molecule has 1 aliphatic heterocycles. The summed E-state index contributed by atoms with van der Waals surface area (Å²) in [6, 6.07) is 23.7. The monoisotopic (exact) mass is 431 g/mol. The molecule has 1 heterocycles. The van der Waals surface area contributed by atoms with Crippen molar-refractivity contribution in [2.45, 2.75) is 19.1 Å². The third kappa shape index (κ3) is 5.14. The number of nitrogens with zero attached hydrogens (tertiary/aromatic N) is 3. The second kappa shape index (κ2) is 9.64. The average Bonchev–Trinajstić information content (AvgIpc) is 3.27. The molecular formula is C26H26FN3O2. The van der Waals surface area contributed by atoms with E-state index >= 15 is 0 Å². The summed E-state index contributed by atoms with van der Waals surface area (Å²) >= 11 is 0. The van der Waals surface area contributed by atoms with Gasteiger partial charge in [0.05, 0.1) is 12.3 Å². The number of halogens is 1. The van der Waals surface area contributed by atoms with Crippen LogP contribution in [0.15, 0.2) is 84.0 Å². The maximum absolute atomic E-state index is 13.7. The number of hydrogen-bond acceptors (Lipinski definition) is 4. The highest BCUT2D eigenvalue weighted by atomic mass is 19.1. The van der Waals surface area contributed by atoms with Crippen LogP contribution in [0, 0.1) is 5.82 Å². The molecule has 164 valence electrons. The SMILES string of the molecule is CN(C)c1ccc(C2=NOC(CN(Cc3ccccc3)C(=O)c3cccc(F)c3)C2)cc1. The normalized spacial score (nSPS) is 15.1. The number of benzene rings is 3. The van der Waals surface area contributed by atoms with Gasteiger partial charge in [0.2, 0.25) is 0 Å². The van der Waals surface area contributed by atoms with Gasteiger partial charge in [-0.15, -0.1) is 0 Å². The fraction of sp³-hybridized carbons (Fsp3) is 0.231. The quantitative estimate of drug-likeness (QED) is 0.543. The van der Waals surface area contributed by atoms with Gasteiger partial charge in [0, 0.05) is 38.3 Å². The van der Waals surface area contributed by atoms with Gasteiger partial charge in [0.1, 0.15) is 5.82 Å². The molecule has 4 rings (SSSR count). The van der Waals surface area contributed by atoms with Crippen molar-refractivity contribution in [1.82, 2.24) is 4.90 Å². The van der Waals surface area contributed by atoms with Crippen LogP contribution in [0.3, 0.4) is 0 Å². The lowest BCUT2D eigenvalue weighted by Crippen LogP contribution is -2.37. The van der Waals surface area contributed by atoms with Gasteiger partial charge in [0.15, 0.2) is 6.10 Å². The van der Waals surface area contributed by atoms with Gasteiger partial charge in [-0.2, -0.15) is 0 Å². The van der Waals surface area contributed by atoms with Gasteiger partial charge >= 0.3 is 0 Å². The largest absolute Gasteiger partial charge is 0.390 e. The first-order chi connectivity index (χ1) is 15.5. The molecule has 1 amide bonds. The molecule has 0 saturated carbocycles. The molecular weight excluding hydrogens is 405 g/mol. The average molecular weight is 432 g/mol. The van der Waals surface area contributed by atoms with E-state index in [4.69, 9.17) is 4.84 Å².